The van der Waals surface area contributed by atoms with Crippen LogP contribution < -0.4 is 0 Å². The van der Waals surface area contributed by atoms with Crippen molar-refractivity contribution in [2.45, 2.75) is 32.6 Å². The van der Waals surface area contributed by atoms with Gasteiger partial charge in [-0.2, -0.15) is 0 Å². The first-order valence-corrected chi connectivity index (χ1v) is 6.12. The first kappa shape index (κ1) is 12.2. The lowest BCUT2D eigenvalue weighted by Crippen LogP contribution is -2.18. The third-order valence-corrected chi connectivity index (χ3v) is 3.15. The first-order valence-electron chi connectivity index (χ1n) is 5.24. The van der Waals surface area contributed by atoms with E-state index in [1.54, 1.807) is 17.5 Å². The number of thiazole rings is 1. The number of carbonyl (C=O) groups excluding carboxylic acids is 1. The van der Waals surface area contributed by atoms with Gasteiger partial charge in [-0.25, -0.2) is 4.98 Å². The summed E-state index contributed by atoms with van der Waals surface area (Å²) in [6.45, 7) is 2.12. The Morgan fingerprint density at radius 3 is 3.00 bits per heavy atom. The smallest absolute Gasteiger partial charge is 0.309 e. The van der Waals surface area contributed by atoms with Crippen LogP contribution >= 0.6 is 11.3 Å². The molecule has 0 saturated heterocycles. The van der Waals surface area contributed by atoms with Crippen molar-refractivity contribution < 1.29 is 9.53 Å². The molecule has 1 aromatic rings. The molecule has 0 radical (unpaired) electrons. The van der Waals surface area contributed by atoms with E-state index < -0.39 is 0 Å². The lowest BCUT2D eigenvalue weighted by atomic mass is 9.99. The lowest BCUT2D eigenvalue weighted by molar-refractivity contribution is -0.145. The Kier molecular flexibility index (Phi) is 5.32. The van der Waals surface area contributed by atoms with Gasteiger partial charge < -0.3 is 4.74 Å². The maximum atomic E-state index is 11.5. The van der Waals surface area contributed by atoms with Gasteiger partial charge in [0.25, 0.3) is 0 Å². The fraction of sp³-hybridized carbons (Fsp3) is 0.636. The van der Waals surface area contributed by atoms with Crippen molar-refractivity contribution >= 4 is 17.3 Å². The molecular weight excluding hydrogens is 210 g/mol. The SMILES string of the molecule is CCCCC(Cc1nccs1)C(=O)OC. The van der Waals surface area contributed by atoms with Crippen molar-refractivity contribution in [2.75, 3.05) is 7.11 Å². The molecule has 84 valence electrons. The molecule has 0 bridgehead atoms. The van der Waals surface area contributed by atoms with E-state index in [9.17, 15) is 4.79 Å². The fourth-order valence-electron chi connectivity index (χ4n) is 1.49. The average Bonchev–Trinajstić information content (AvgIpc) is 2.75. The highest BCUT2D eigenvalue weighted by Crippen LogP contribution is 2.18. The van der Waals surface area contributed by atoms with Crippen molar-refractivity contribution in [1.82, 2.24) is 4.98 Å². The molecule has 0 saturated carbocycles. The van der Waals surface area contributed by atoms with E-state index in [2.05, 4.69) is 11.9 Å². The summed E-state index contributed by atoms with van der Waals surface area (Å²) in [6, 6.07) is 0. The van der Waals surface area contributed by atoms with Crippen molar-refractivity contribution in [3.63, 3.8) is 0 Å². The lowest BCUT2D eigenvalue weighted by Gasteiger charge is -2.12. The summed E-state index contributed by atoms with van der Waals surface area (Å²) in [6.07, 6.45) is 5.54. The third-order valence-electron chi connectivity index (χ3n) is 2.35. The Morgan fingerprint density at radius 1 is 1.67 bits per heavy atom. The fourth-order valence-corrected chi connectivity index (χ4v) is 2.18. The van der Waals surface area contributed by atoms with Gasteiger partial charge in [0.2, 0.25) is 0 Å². The van der Waals surface area contributed by atoms with Crippen LogP contribution in [-0.2, 0) is 16.0 Å². The van der Waals surface area contributed by atoms with Crippen LogP contribution in [0.5, 0.6) is 0 Å². The number of nitrogens with zero attached hydrogens (tertiary/aromatic N) is 1. The largest absolute Gasteiger partial charge is 0.469 e. The number of aromatic nitrogens is 1. The van der Waals surface area contributed by atoms with Crippen LogP contribution in [0.15, 0.2) is 11.6 Å². The Hall–Kier alpha value is -0.900. The molecule has 0 amide bonds. The zero-order valence-corrected chi connectivity index (χ0v) is 10.0. The summed E-state index contributed by atoms with van der Waals surface area (Å²) >= 11 is 1.59. The van der Waals surface area contributed by atoms with E-state index in [1.807, 2.05) is 5.38 Å². The van der Waals surface area contributed by atoms with Gasteiger partial charge in [0.05, 0.1) is 18.0 Å². The second-order valence-electron chi connectivity index (χ2n) is 3.49. The van der Waals surface area contributed by atoms with E-state index in [-0.39, 0.29) is 11.9 Å². The quantitative estimate of drug-likeness (QED) is 0.701. The number of methoxy groups -OCH3 is 1. The van der Waals surface area contributed by atoms with Crippen LogP contribution in [0.25, 0.3) is 0 Å². The van der Waals surface area contributed by atoms with Crippen molar-refractivity contribution in [2.24, 2.45) is 5.92 Å². The molecule has 0 spiro atoms. The van der Waals surface area contributed by atoms with E-state index in [1.165, 1.54) is 7.11 Å². The summed E-state index contributed by atoms with van der Waals surface area (Å²) in [5.74, 6) is -0.139. The molecule has 1 atom stereocenters. The van der Waals surface area contributed by atoms with Crippen LogP contribution in [0.1, 0.15) is 31.2 Å². The molecule has 0 aliphatic carbocycles. The molecule has 3 nitrogen and oxygen atoms in total. The standard InChI is InChI=1S/C11H17NO2S/c1-3-4-5-9(11(13)14-2)8-10-12-6-7-15-10/h6-7,9H,3-5,8H2,1-2H3. The Balaban J connectivity index is 2.52. The van der Waals surface area contributed by atoms with Gasteiger partial charge in [0, 0.05) is 18.0 Å². The van der Waals surface area contributed by atoms with Crippen molar-refractivity contribution in [1.29, 1.82) is 0 Å². The highest BCUT2D eigenvalue weighted by Gasteiger charge is 2.19. The zero-order valence-electron chi connectivity index (χ0n) is 9.23. The van der Waals surface area contributed by atoms with Gasteiger partial charge >= 0.3 is 5.97 Å². The molecule has 1 rings (SSSR count). The number of hydrogen-bond donors (Lipinski definition) is 0. The Bertz CT molecular complexity index is 285. The van der Waals surface area contributed by atoms with Crippen LogP contribution in [-0.4, -0.2) is 18.1 Å². The molecule has 0 aliphatic heterocycles. The second-order valence-corrected chi connectivity index (χ2v) is 4.47. The molecule has 0 aromatic carbocycles. The minimum Gasteiger partial charge on any atom is -0.469 e. The molecule has 0 aliphatic rings. The molecule has 1 aromatic heterocycles. The van der Waals surface area contributed by atoms with E-state index in [0.717, 1.165) is 24.3 Å². The van der Waals surface area contributed by atoms with Crippen LogP contribution in [0.2, 0.25) is 0 Å². The predicted molar refractivity (Wildman–Crippen MR) is 60.8 cm³/mol. The van der Waals surface area contributed by atoms with Gasteiger partial charge in [0.1, 0.15) is 0 Å². The monoisotopic (exact) mass is 227 g/mol. The van der Waals surface area contributed by atoms with Gasteiger partial charge in [-0.3, -0.25) is 4.79 Å². The Labute approximate surface area is 94.5 Å². The normalized spacial score (nSPS) is 12.4. The number of esters is 1. The minimum absolute atomic E-state index is 0.0268. The second kappa shape index (κ2) is 6.56. The average molecular weight is 227 g/mol. The highest BCUT2D eigenvalue weighted by atomic mass is 32.1. The van der Waals surface area contributed by atoms with E-state index >= 15 is 0 Å². The number of rotatable bonds is 6. The molecule has 1 heterocycles. The van der Waals surface area contributed by atoms with Crippen LogP contribution in [0.4, 0.5) is 0 Å². The maximum Gasteiger partial charge on any atom is 0.309 e. The van der Waals surface area contributed by atoms with Gasteiger partial charge in [-0.05, 0) is 6.42 Å². The molecule has 1 unspecified atom stereocenters. The molecular formula is C11H17NO2S. The number of hydrogen-bond acceptors (Lipinski definition) is 4. The highest BCUT2D eigenvalue weighted by molar-refractivity contribution is 7.09. The van der Waals surface area contributed by atoms with Gasteiger partial charge in [-0.15, -0.1) is 11.3 Å². The summed E-state index contributed by atoms with van der Waals surface area (Å²) < 4.78 is 4.80. The molecule has 0 N–H and O–H groups in total. The number of carbonyl (C=O) groups is 1. The summed E-state index contributed by atoms with van der Waals surface area (Å²) in [4.78, 5) is 15.7. The Morgan fingerprint density at radius 2 is 2.47 bits per heavy atom. The molecule has 0 fully saturated rings. The first-order chi connectivity index (χ1) is 7.27. The van der Waals surface area contributed by atoms with E-state index in [4.69, 9.17) is 4.74 Å². The third kappa shape index (κ3) is 4.00. The van der Waals surface area contributed by atoms with Crippen molar-refractivity contribution in [3.8, 4) is 0 Å². The van der Waals surface area contributed by atoms with Gasteiger partial charge in [0.15, 0.2) is 0 Å². The van der Waals surface area contributed by atoms with Crippen LogP contribution in [0.3, 0.4) is 0 Å². The zero-order chi connectivity index (χ0) is 11.1. The summed E-state index contributed by atoms with van der Waals surface area (Å²) in [5, 5.41) is 2.95. The summed E-state index contributed by atoms with van der Waals surface area (Å²) in [7, 11) is 1.45. The number of ether oxygens (including phenoxy) is 1. The van der Waals surface area contributed by atoms with Gasteiger partial charge in [-0.1, -0.05) is 19.8 Å². The predicted octanol–water partition coefficient (Wildman–Crippen LogP) is 2.67. The number of unbranched alkanes of at least 4 members (excludes halogenated alkanes) is 1. The maximum absolute atomic E-state index is 11.5. The topological polar surface area (TPSA) is 39.2 Å². The minimum atomic E-state index is -0.112. The molecule has 15 heavy (non-hydrogen) atoms. The summed E-state index contributed by atoms with van der Waals surface area (Å²) in [5.41, 5.74) is 0. The van der Waals surface area contributed by atoms with Crippen molar-refractivity contribution in [3.05, 3.63) is 16.6 Å². The van der Waals surface area contributed by atoms with E-state index in [0.29, 0.717) is 6.42 Å². The van der Waals surface area contributed by atoms with Crippen LogP contribution in [0, 0.1) is 5.92 Å². The molecule has 4 heteroatoms.